The van der Waals surface area contributed by atoms with Crippen LogP contribution in [0.15, 0.2) is 17.6 Å². The van der Waals surface area contributed by atoms with E-state index in [-0.39, 0.29) is 0 Å². The third-order valence-corrected chi connectivity index (χ3v) is 2.85. The first-order chi connectivity index (χ1) is 7.24. The van der Waals surface area contributed by atoms with Gasteiger partial charge in [0.05, 0.1) is 12.7 Å². The predicted molar refractivity (Wildman–Crippen MR) is 60.9 cm³/mol. The van der Waals surface area contributed by atoms with Crippen molar-refractivity contribution in [1.82, 2.24) is 15.2 Å². The van der Waals surface area contributed by atoms with E-state index in [4.69, 9.17) is 0 Å². The standard InChI is InChI=1S/C10H12N4S/c1-7-3-9(14-12-4-7)11-5-10-13-8(2)6-15-10/h3-4,6H,5H2,1-2H3,(H,11,14). The molecule has 4 nitrogen and oxygen atoms in total. The molecule has 0 bridgehead atoms. The highest BCUT2D eigenvalue weighted by Crippen LogP contribution is 2.11. The van der Waals surface area contributed by atoms with Crippen LogP contribution in [0, 0.1) is 13.8 Å². The van der Waals surface area contributed by atoms with Crippen molar-refractivity contribution >= 4 is 17.2 Å². The van der Waals surface area contributed by atoms with E-state index in [1.165, 1.54) is 0 Å². The van der Waals surface area contributed by atoms with Gasteiger partial charge < -0.3 is 5.32 Å². The number of nitrogens with one attached hydrogen (secondary N) is 1. The molecule has 0 aromatic carbocycles. The summed E-state index contributed by atoms with van der Waals surface area (Å²) in [5.74, 6) is 0.794. The molecule has 0 saturated carbocycles. The van der Waals surface area contributed by atoms with Crippen molar-refractivity contribution in [3.8, 4) is 0 Å². The van der Waals surface area contributed by atoms with Gasteiger partial charge in [-0.3, -0.25) is 0 Å². The van der Waals surface area contributed by atoms with Gasteiger partial charge in [-0.05, 0) is 25.5 Å². The van der Waals surface area contributed by atoms with Gasteiger partial charge in [0.2, 0.25) is 0 Å². The zero-order chi connectivity index (χ0) is 10.7. The van der Waals surface area contributed by atoms with Crippen molar-refractivity contribution in [2.45, 2.75) is 20.4 Å². The summed E-state index contributed by atoms with van der Waals surface area (Å²) in [6.45, 7) is 4.69. The fourth-order valence-corrected chi connectivity index (χ4v) is 1.91. The van der Waals surface area contributed by atoms with Crippen LogP contribution in [0.3, 0.4) is 0 Å². The van der Waals surface area contributed by atoms with Gasteiger partial charge >= 0.3 is 0 Å². The Morgan fingerprint density at radius 2 is 2.27 bits per heavy atom. The highest BCUT2D eigenvalue weighted by atomic mass is 32.1. The first kappa shape index (κ1) is 10.0. The first-order valence-electron chi connectivity index (χ1n) is 4.68. The number of rotatable bonds is 3. The molecular weight excluding hydrogens is 208 g/mol. The number of aromatic nitrogens is 3. The van der Waals surface area contributed by atoms with E-state index in [0.717, 1.165) is 22.1 Å². The van der Waals surface area contributed by atoms with Gasteiger partial charge in [-0.25, -0.2) is 4.98 Å². The molecule has 0 aliphatic rings. The van der Waals surface area contributed by atoms with Gasteiger partial charge in [0.15, 0.2) is 0 Å². The van der Waals surface area contributed by atoms with Crippen LogP contribution in [0.25, 0.3) is 0 Å². The lowest BCUT2D eigenvalue weighted by Crippen LogP contribution is -2.02. The third kappa shape index (κ3) is 2.73. The fourth-order valence-electron chi connectivity index (χ4n) is 1.20. The Kier molecular flexibility index (Phi) is 2.91. The monoisotopic (exact) mass is 220 g/mol. The zero-order valence-corrected chi connectivity index (χ0v) is 9.51. The number of nitrogens with zero attached hydrogens (tertiary/aromatic N) is 3. The van der Waals surface area contributed by atoms with Crippen molar-refractivity contribution in [3.05, 3.63) is 33.9 Å². The summed E-state index contributed by atoms with van der Waals surface area (Å²) in [5, 5.41) is 14.1. The molecule has 0 radical (unpaired) electrons. The van der Waals surface area contributed by atoms with Gasteiger partial charge in [-0.1, -0.05) is 0 Å². The molecule has 15 heavy (non-hydrogen) atoms. The SMILES string of the molecule is Cc1cnnc(NCc2nc(C)cs2)c1. The highest BCUT2D eigenvalue weighted by Gasteiger charge is 1.99. The number of hydrogen-bond acceptors (Lipinski definition) is 5. The number of hydrogen-bond donors (Lipinski definition) is 1. The van der Waals surface area contributed by atoms with Crippen molar-refractivity contribution < 1.29 is 0 Å². The van der Waals surface area contributed by atoms with E-state index in [2.05, 4.69) is 20.5 Å². The Morgan fingerprint density at radius 1 is 1.40 bits per heavy atom. The van der Waals surface area contributed by atoms with Gasteiger partial charge in [-0.2, -0.15) is 5.10 Å². The second kappa shape index (κ2) is 4.35. The second-order valence-electron chi connectivity index (χ2n) is 3.35. The van der Waals surface area contributed by atoms with Gasteiger partial charge in [0.25, 0.3) is 0 Å². The summed E-state index contributed by atoms with van der Waals surface area (Å²) in [6, 6.07) is 1.97. The lowest BCUT2D eigenvalue weighted by atomic mass is 10.3. The maximum absolute atomic E-state index is 4.36. The van der Waals surface area contributed by atoms with Crippen LogP contribution in [0.1, 0.15) is 16.3 Å². The summed E-state index contributed by atoms with van der Waals surface area (Å²) in [4.78, 5) is 4.36. The summed E-state index contributed by atoms with van der Waals surface area (Å²) in [5.41, 5.74) is 2.16. The van der Waals surface area contributed by atoms with E-state index >= 15 is 0 Å². The number of aryl methyl sites for hydroxylation is 2. The minimum absolute atomic E-state index is 0.705. The first-order valence-corrected chi connectivity index (χ1v) is 5.56. The molecule has 2 rings (SSSR count). The van der Waals surface area contributed by atoms with Crippen molar-refractivity contribution in [1.29, 1.82) is 0 Å². The van der Waals surface area contributed by atoms with Gasteiger partial charge in [0.1, 0.15) is 10.8 Å². The van der Waals surface area contributed by atoms with E-state index in [0.29, 0.717) is 6.54 Å². The lowest BCUT2D eigenvalue weighted by molar-refractivity contribution is 0.979. The maximum atomic E-state index is 4.36. The summed E-state index contributed by atoms with van der Waals surface area (Å²) in [6.07, 6.45) is 1.73. The molecule has 1 N–H and O–H groups in total. The molecular formula is C10H12N4S. The molecule has 0 spiro atoms. The second-order valence-corrected chi connectivity index (χ2v) is 4.30. The topological polar surface area (TPSA) is 50.7 Å². The molecule has 0 saturated heterocycles. The molecule has 0 aliphatic carbocycles. The Morgan fingerprint density at radius 3 is 2.93 bits per heavy atom. The number of anilines is 1. The van der Waals surface area contributed by atoms with Crippen LogP contribution in [0.4, 0.5) is 5.82 Å². The molecule has 78 valence electrons. The summed E-state index contributed by atoms with van der Waals surface area (Å²) < 4.78 is 0. The average molecular weight is 220 g/mol. The Labute approximate surface area is 92.4 Å². The molecule has 2 heterocycles. The minimum Gasteiger partial charge on any atom is -0.362 e. The van der Waals surface area contributed by atoms with Gasteiger partial charge in [0, 0.05) is 11.1 Å². The fraction of sp³-hybridized carbons (Fsp3) is 0.300. The normalized spacial score (nSPS) is 10.3. The lowest BCUT2D eigenvalue weighted by Gasteiger charge is -2.02. The van der Waals surface area contributed by atoms with E-state index in [1.807, 2.05) is 25.3 Å². The van der Waals surface area contributed by atoms with E-state index in [1.54, 1.807) is 17.5 Å². The average Bonchev–Trinajstić information content (AvgIpc) is 2.62. The highest BCUT2D eigenvalue weighted by molar-refractivity contribution is 7.09. The van der Waals surface area contributed by atoms with E-state index < -0.39 is 0 Å². The van der Waals surface area contributed by atoms with Crippen LogP contribution >= 0.6 is 11.3 Å². The van der Waals surface area contributed by atoms with Crippen molar-refractivity contribution in [2.75, 3.05) is 5.32 Å². The Hall–Kier alpha value is -1.49. The van der Waals surface area contributed by atoms with Crippen LogP contribution < -0.4 is 5.32 Å². The zero-order valence-electron chi connectivity index (χ0n) is 8.69. The smallest absolute Gasteiger partial charge is 0.149 e. The Bertz CT molecular complexity index is 452. The van der Waals surface area contributed by atoms with Crippen LogP contribution in [-0.4, -0.2) is 15.2 Å². The molecule has 0 fully saturated rings. The third-order valence-electron chi connectivity index (χ3n) is 1.88. The Balaban J connectivity index is 1.99. The summed E-state index contributed by atoms with van der Waals surface area (Å²) in [7, 11) is 0. The molecule has 5 heteroatoms. The minimum atomic E-state index is 0.705. The number of thiazole rings is 1. The summed E-state index contributed by atoms with van der Waals surface area (Å²) >= 11 is 1.65. The van der Waals surface area contributed by atoms with Crippen LogP contribution in [0.5, 0.6) is 0 Å². The van der Waals surface area contributed by atoms with Crippen LogP contribution in [0.2, 0.25) is 0 Å². The van der Waals surface area contributed by atoms with Crippen molar-refractivity contribution in [2.24, 2.45) is 0 Å². The quantitative estimate of drug-likeness (QED) is 0.861. The molecule has 0 aliphatic heterocycles. The van der Waals surface area contributed by atoms with Crippen LogP contribution in [-0.2, 0) is 6.54 Å². The van der Waals surface area contributed by atoms with Crippen molar-refractivity contribution in [3.63, 3.8) is 0 Å². The maximum Gasteiger partial charge on any atom is 0.149 e. The molecule has 0 atom stereocenters. The molecule has 0 amide bonds. The van der Waals surface area contributed by atoms with Gasteiger partial charge in [-0.15, -0.1) is 16.4 Å². The largest absolute Gasteiger partial charge is 0.362 e. The molecule has 0 unspecified atom stereocenters. The molecule has 2 aromatic rings. The predicted octanol–water partition coefficient (Wildman–Crippen LogP) is 2.16. The molecule has 2 aromatic heterocycles. The van der Waals surface area contributed by atoms with E-state index in [9.17, 15) is 0 Å².